The minimum Gasteiger partial charge on any atom is -0.481 e. The van der Waals surface area contributed by atoms with Gasteiger partial charge in [-0.3, -0.25) is 9.69 Å². The first-order valence-electron chi connectivity index (χ1n) is 7.11. The molecule has 0 saturated carbocycles. The number of carbonyl (C=O) groups is 1. The molecule has 3 nitrogen and oxygen atoms in total. The highest BCUT2D eigenvalue weighted by molar-refractivity contribution is 5.70. The van der Waals surface area contributed by atoms with Gasteiger partial charge in [0.1, 0.15) is 0 Å². The molecule has 3 atom stereocenters. The van der Waals surface area contributed by atoms with E-state index in [1.807, 2.05) is 6.07 Å². The predicted molar refractivity (Wildman–Crippen MR) is 76.3 cm³/mol. The minimum absolute atomic E-state index is 0.136. The third-order valence-electron chi connectivity index (χ3n) is 4.31. The lowest BCUT2D eigenvalue weighted by Crippen LogP contribution is -2.47. The predicted octanol–water partition coefficient (Wildman–Crippen LogP) is 2.98. The molecule has 1 aliphatic rings. The van der Waals surface area contributed by atoms with E-state index >= 15 is 0 Å². The molecule has 1 fully saturated rings. The monoisotopic (exact) mass is 261 g/mol. The van der Waals surface area contributed by atoms with Crippen LogP contribution in [0.15, 0.2) is 30.3 Å². The van der Waals surface area contributed by atoms with Crippen LogP contribution >= 0.6 is 0 Å². The molecule has 0 aliphatic carbocycles. The Morgan fingerprint density at radius 1 is 1.42 bits per heavy atom. The van der Waals surface area contributed by atoms with Crippen molar-refractivity contribution < 1.29 is 9.90 Å². The zero-order valence-corrected chi connectivity index (χ0v) is 11.7. The van der Waals surface area contributed by atoms with Gasteiger partial charge in [0, 0.05) is 12.6 Å². The van der Waals surface area contributed by atoms with Gasteiger partial charge in [-0.15, -0.1) is 0 Å². The van der Waals surface area contributed by atoms with E-state index < -0.39 is 5.97 Å². The summed E-state index contributed by atoms with van der Waals surface area (Å²) < 4.78 is 0. The third-order valence-corrected chi connectivity index (χ3v) is 4.31. The molecule has 0 amide bonds. The molecular formula is C16H23NO2. The van der Waals surface area contributed by atoms with Gasteiger partial charge in [0.2, 0.25) is 0 Å². The summed E-state index contributed by atoms with van der Waals surface area (Å²) in [6, 6.07) is 10.6. The van der Waals surface area contributed by atoms with Crippen LogP contribution in [0.4, 0.5) is 0 Å². The first kappa shape index (κ1) is 14.1. The number of piperidine rings is 1. The molecule has 0 radical (unpaired) electrons. The molecule has 1 aliphatic heterocycles. The van der Waals surface area contributed by atoms with Crippen molar-refractivity contribution in [3.8, 4) is 0 Å². The number of hydrogen-bond donors (Lipinski definition) is 1. The second kappa shape index (κ2) is 6.20. The third kappa shape index (κ3) is 3.35. The second-order valence-electron chi connectivity index (χ2n) is 5.63. The van der Waals surface area contributed by atoms with Crippen LogP contribution in [-0.4, -0.2) is 35.1 Å². The fraction of sp³-hybridized carbons (Fsp3) is 0.562. The van der Waals surface area contributed by atoms with Crippen LogP contribution < -0.4 is 0 Å². The van der Waals surface area contributed by atoms with Gasteiger partial charge in [0.15, 0.2) is 0 Å². The summed E-state index contributed by atoms with van der Waals surface area (Å²) in [6.45, 7) is 6.22. The highest BCUT2D eigenvalue weighted by atomic mass is 16.4. The van der Waals surface area contributed by atoms with E-state index in [0.717, 1.165) is 25.9 Å². The maximum atomic E-state index is 11.2. The van der Waals surface area contributed by atoms with Crippen molar-refractivity contribution in [1.29, 1.82) is 0 Å². The molecule has 0 bridgehead atoms. The average Bonchev–Trinajstić information content (AvgIpc) is 2.41. The van der Waals surface area contributed by atoms with E-state index in [9.17, 15) is 9.90 Å². The molecule has 1 aromatic carbocycles. The summed E-state index contributed by atoms with van der Waals surface area (Å²) in [5.41, 5.74) is 1.33. The first-order valence-corrected chi connectivity index (χ1v) is 7.11. The van der Waals surface area contributed by atoms with Gasteiger partial charge in [0.05, 0.1) is 5.92 Å². The Bertz CT molecular complexity index is 418. The SMILES string of the molecule is CC(CN1CCC[C@H](C(=O)O)[C@@H]1C)c1ccccc1. The van der Waals surface area contributed by atoms with E-state index in [0.29, 0.717) is 5.92 Å². The Kier molecular flexibility index (Phi) is 4.59. The lowest BCUT2D eigenvalue weighted by molar-refractivity contribution is -0.145. The molecule has 1 N–H and O–H groups in total. The summed E-state index contributed by atoms with van der Waals surface area (Å²) in [7, 11) is 0. The average molecular weight is 261 g/mol. The summed E-state index contributed by atoms with van der Waals surface area (Å²) in [5, 5.41) is 9.25. The fourth-order valence-corrected chi connectivity index (χ4v) is 3.04. The number of carboxylic acid groups (broad SMARTS) is 1. The lowest BCUT2D eigenvalue weighted by atomic mass is 9.89. The molecule has 104 valence electrons. The van der Waals surface area contributed by atoms with Gasteiger partial charge in [-0.2, -0.15) is 0 Å². The van der Waals surface area contributed by atoms with Crippen LogP contribution in [0.3, 0.4) is 0 Å². The number of hydrogen-bond acceptors (Lipinski definition) is 2. The van der Waals surface area contributed by atoms with Crippen molar-refractivity contribution >= 4 is 5.97 Å². The summed E-state index contributed by atoms with van der Waals surface area (Å²) in [6.07, 6.45) is 1.80. The van der Waals surface area contributed by atoms with Crippen LogP contribution in [0.1, 0.15) is 38.2 Å². The van der Waals surface area contributed by atoms with Gasteiger partial charge in [-0.1, -0.05) is 37.3 Å². The summed E-state index contributed by atoms with van der Waals surface area (Å²) >= 11 is 0. The Morgan fingerprint density at radius 2 is 2.11 bits per heavy atom. The molecule has 1 heterocycles. The van der Waals surface area contributed by atoms with E-state index in [1.54, 1.807) is 0 Å². The molecule has 1 aromatic rings. The molecular weight excluding hydrogens is 238 g/mol. The Balaban J connectivity index is 2.00. The smallest absolute Gasteiger partial charge is 0.308 e. The van der Waals surface area contributed by atoms with Crippen LogP contribution in [0.2, 0.25) is 0 Å². The zero-order valence-electron chi connectivity index (χ0n) is 11.7. The Labute approximate surface area is 115 Å². The molecule has 0 spiro atoms. The van der Waals surface area contributed by atoms with Crippen LogP contribution in [0.5, 0.6) is 0 Å². The highest BCUT2D eigenvalue weighted by Gasteiger charge is 2.33. The topological polar surface area (TPSA) is 40.5 Å². The van der Waals surface area contributed by atoms with Crippen molar-refractivity contribution in [2.75, 3.05) is 13.1 Å². The molecule has 0 aromatic heterocycles. The molecule has 1 saturated heterocycles. The number of benzene rings is 1. The normalized spacial score (nSPS) is 26.0. The summed E-state index contributed by atoms with van der Waals surface area (Å²) in [5.74, 6) is -0.419. The van der Waals surface area contributed by atoms with Gasteiger partial charge >= 0.3 is 5.97 Å². The molecule has 1 unspecified atom stereocenters. The number of nitrogens with zero attached hydrogens (tertiary/aromatic N) is 1. The van der Waals surface area contributed by atoms with Crippen molar-refractivity contribution in [1.82, 2.24) is 4.90 Å². The van der Waals surface area contributed by atoms with Crippen LogP contribution in [0.25, 0.3) is 0 Å². The molecule has 19 heavy (non-hydrogen) atoms. The fourth-order valence-electron chi connectivity index (χ4n) is 3.04. The largest absolute Gasteiger partial charge is 0.481 e. The summed E-state index contributed by atoms with van der Waals surface area (Å²) in [4.78, 5) is 13.6. The number of aliphatic carboxylic acids is 1. The van der Waals surface area contributed by atoms with Crippen molar-refractivity contribution in [2.24, 2.45) is 5.92 Å². The van der Waals surface area contributed by atoms with Gasteiger partial charge in [0.25, 0.3) is 0 Å². The van der Waals surface area contributed by atoms with Crippen molar-refractivity contribution in [3.63, 3.8) is 0 Å². The number of carboxylic acids is 1. The van der Waals surface area contributed by atoms with Crippen molar-refractivity contribution in [3.05, 3.63) is 35.9 Å². The van der Waals surface area contributed by atoms with Gasteiger partial charge < -0.3 is 5.11 Å². The lowest BCUT2D eigenvalue weighted by Gasteiger charge is -2.38. The standard InChI is InChI=1S/C16H23NO2/c1-12(14-7-4-3-5-8-14)11-17-10-6-9-15(13(17)2)16(18)19/h3-5,7-8,12-13,15H,6,9-11H2,1-2H3,(H,18,19)/t12?,13-,15-/m0/s1. The Hall–Kier alpha value is -1.35. The second-order valence-corrected chi connectivity index (χ2v) is 5.63. The first-order chi connectivity index (χ1) is 9.09. The van der Waals surface area contributed by atoms with Crippen molar-refractivity contribution in [2.45, 2.75) is 38.6 Å². The Morgan fingerprint density at radius 3 is 2.74 bits per heavy atom. The number of likely N-dealkylation sites (tertiary alicyclic amines) is 1. The van der Waals surface area contributed by atoms with E-state index in [1.165, 1.54) is 5.56 Å². The van der Waals surface area contributed by atoms with E-state index in [-0.39, 0.29) is 12.0 Å². The minimum atomic E-state index is -0.649. The maximum Gasteiger partial charge on any atom is 0.308 e. The van der Waals surface area contributed by atoms with Gasteiger partial charge in [-0.25, -0.2) is 0 Å². The maximum absolute atomic E-state index is 11.2. The van der Waals surface area contributed by atoms with Crippen LogP contribution in [0, 0.1) is 5.92 Å². The molecule has 2 rings (SSSR count). The van der Waals surface area contributed by atoms with E-state index in [2.05, 4.69) is 43.0 Å². The van der Waals surface area contributed by atoms with Crippen LogP contribution in [-0.2, 0) is 4.79 Å². The van der Waals surface area contributed by atoms with Gasteiger partial charge in [-0.05, 0) is 37.8 Å². The van der Waals surface area contributed by atoms with E-state index in [4.69, 9.17) is 0 Å². The number of rotatable bonds is 4. The zero-order chi connectivity index (χ0) is 13.8. The molecule has 3 heteroatoms. The quantitative estimate of drug-likeness (QED) is 0.906. The highest BCUT2D eigenvalue weighted by Crippen LogP contribution is 2.26.